The molecule has 0 radical (unpaired) electrons. The Hall–Kier alpha value is -5.03. The lowest BCUT2D eigenvalue weighted by atomic mass is 10.2. The SMILES string of the molecule is [2H]c1c([2H])c([2H])c([Si](c2ccccc2)(c2ccccc2)c2c([2H])c(C)c([2H])c([Si](c3ccccc3)(c3ccccc3)c3ccccc3)c2[2H])c([2H])c1[2H]. The van der Waals surface area contributed by atoms with Crippen LogP contribution in [0.3, 0.4) is 0 Å². The Morgan fingerprint density at radius 2 is 0.622 bits per heavy atom. The van der Waals surface area contributed by atoms with E-state index in [1.54, 1.807) is 6.92 Å². The number of benzene rings is 7. The molecule has 0 aliphatic rings. The third kappa shape index (κ3) is 5.02. The first-order valence-corrected chi connectivity index (χ1v) is 19.1. The first-order valence-electron chi connectivity index (χ1n) is 19.1. The van der Waals surface area contributed by atoms with Crippen molar-refractivity contribution in [3.8, 4) is 0 Å². The van der Waals surface area contributed by atoms with Crippen molar-refractivity contribution in [3.63, 3.8) is 0 Å². The standard InChI is InChI=1S/C43H36Si2/c1-35-32-42(44(36-20-8-2-9-21-36,37-22-10-3-11-23-37)38-24-12-4-13-25-38)34-43(33-35)45(39-26-14-5-15-27-39,40-28-16-6-17-29-40)41-30-18-7-19-31-41/h2-34H,1H3/i2D,8D,9D,20D,21D,32D,33D,34D. The van der Waals surface area contributed by atoms with Gasteiger partial charge in [0.25, 0.3) is 0 Å². The fourth-order valence-electron chi connectivity index (χ4n) is 6.65. The molecule has 0 aromatic heterocycles. The quantitative estimate of drug-likeness (QED) is 0.171. The van der Waals surface area contributed by atoms with Crippen LogP contribution in [0.1, 0.15) is 16.5 Å². The van der Waals surface area contributed by atoms with Crippen LogP contribution in [-0.4, -0.2) is 16.1 Å². The Balaban J connectivity index is 1.80. The molecular formula is C43H36Si2. The van der Waals surface area contributed by atoms with Crippen molar-refractivity contribution in [2.75, 3.05) is 0 Å². The molecular weight excluding hydrogens is 573 g/mol. The van der Waals surface area contributed by atoms with Crippen LogP contribution in [0.4, 0.5) is 0 Å². The molecule has 0 spiro atoms. The van der Waals surface area contributed by atoms with Crippen LogP contribution in [-0.2, 0) is 0 Å². The second kappa shape index (κ2) is 12.5. The third-order valence-electron chi connectivity index (χ3n) is 8.53. The number of hydrogen-bond acceptors (Lipinski definition) is 0. The molecule has 7 aromatic carbocycles. The largest absolute Gasteiger partial charge is 0.179 e. The minimum absolute atomic E-state index is 0.0139. The molecule has 0 saturated carbocycles. The van der Waals surface area contributed by atoms with Gasteiger partial charge in [-0.1, -0.05) is 206 Å². The normalized spacial score (nSPS) is 14.2. The van der Waals surface area contributed by atoms with Crippen LogP contribution in [0.2, 0.25) is 0 Å². The summed E-state index contributed by atoms with van der Waals surface area (Å²) in [4.78, 5) is 0. The average Bonchev–Trinajstić information content (AvgIpc) is 3.21. The minimum Gasteiger partial charge on any atom is -0.0623 e. The molecule has 7 aromatic rings. The van der Waals surface area contributed by atoms with Gasteiger partial charge in [-0.3, -0.25) is 0 Å². The summed E-state index contributed by atoms with van der Waals surface area (Å²) in [6.45, 7) is 1.74. The van der Waals surface area contributed by atoms with Gasteiger partial charge in [0.1, 0.15) is 0 Å². The molecule has 7 rings (SSSR count). The van der Waals surface area contributed by atoms with Gasteiger partial charge in [0.05, 0.1) is 11.0 Å². The van der Waals surface area contributed by atoms with Crippen molar-refractivity contribution < 1.29 is 11.0 Å². The highest BCUT2D eigenvalue weighted by atomic mass is 28.3. The van der Waals surface area contributed by atoms with Crippen molar-refractivity contribution in [1.29, 1.82) is 0 Å². The Morgan fingerprint density at radius 3 is 0.933 bits per heavy atom. The molecule has 0 aliphatic heterocycles. The second-order valence-corrected chi connectivity index (χ2v) is 18.5. The van der Waals surface area contributed by atoms with E-state index in [9.17, 15) is 6.85 Å². The average molecular weight is 617 g/mol. The molecule has 0 saturated heterocycles. The first-order chi connectivity index (χ1) is 25.6. The van der Waals surface area contributed by atoms with Gasteiger partial charge in [0, 0.05) is 0 Å². The summed E-state index contributed by atoms with van der Waals surface area (Å²) in [7, 11) is -7.71. The van der Waals surface area contributed by atoms with E-state index >= 15 is 0 Å². The van der Waals surface area contributed by atoms with Crippen LogP contribution in [0, 0.1) is 6.92 Å². The van der Waals surface area contributed by atoms with E-state index in [-0.39, 0.29) is 40.6 Å². The molecule has 0 fully saturated rings. The summed E-state index contributed by atoms with van der Waals surface area (Å²) in [5.74, 6) is 0. The summed E-state index contributed by atoms with van der Waals surface area (Å²) >= 11 is 0. The predicted octanol–water partition coefficient (Wildman–Crippen LogP) is 4.75. The Morgan fingerprint density at radius 1 is 0.333 bits per heavy atom. The lowest BCUT2D eigenvalue weighted by Gasteiger charge is -2.38. The second-order valence-electron chi connectivity index (χ2n) is 11.1. The van der Waals surface area contributed by atoms with E-state index in [0.29, 0.717) is 21.1 Å². The molecule has 0 heterocycles. The van der Waals surface area contributed by atoms with Crippen molar-refractivity contribution in [1.82, 2.24) is 0 Å². The summed E-state index contributed by atoms with van der Waals surface area (Å²) in [5.41, 5.74) is 0.363. The molecule has 2 heteroatoms. The van der Waals surface area contributed by atoms with E-state index in [1.807, 2.05) is 115 Å². The van der Waals surface area contributed by atoms with Crippen LogP contribution >= 0.6 is 0 Å². The fraction of sp³-hybridized carbons (Fsp3) is 0.0233. The maximum atomic E-state index is 10.6. The Kier molecular flexibility index (Phi) is 5.80. The van der Waals surface area contributed by atoms with Crippen molar-refractivity contribution >= 4 is 57.6 Å². The van der Waals surface area contributed by atoms with Crippen molar-refractivity contribution in [2.24, 2.45) is 0 Å². The van der Waals surface area contributed by atoms with E-state index in [1.165, 1.54) is 0 Å². The molecule has 0 aliphatic carbocycles. The van der Waals surface area contributed by atoms with E-state index in [2.05, 4.69) is 36.4 Å². The Labute approximate surface area is 280 Å². The highest BCUT2D eigenvalue weighted by Gasteiger charge is 2.45. The summed E-state index contributed by atoms with van der Waals surface area (Å²) < 4.78 is 75.7. The molecule has 0 bridgehead atoms. The highest BCUT2D eigenvalue weighted by Crippen LogP contribution is 2.14. The molecule has 0 nitrogen and oxygen atoms in total. The van der Waals surface area contributed by atoms with Gasteiger partial charge < -0.3 is 0 Å². The van der Waals surface area contributed by atoms with Gasteiger partial charge in [0.15, 0.2) is 16.1 Å². The Bertz CT molecular complexity index is 2260. The number of hydrogen-bond donors (Lipinski definition) is 0. The zero-order chi connectivity index (χ0) is 37.5. The van der Waals surface area contributed by atoms with Gasteiger partial charge in [-0.2, -0.15) is 0 Å². The third-order valence-corrected chi connectivity index (χ3v) is 17.5. The van der Waals surface area contributed by atoms with E-state index in [4.69, 9.17) is 4.11 Å². The van der Waals surface area contributed by atoms with Gasteiger partial charge in [-0.15, -0.1) is 0 Å². The fourth-order valence-corrected chi connectivity index (χ4v) is 15.7. The predicted molar refractivity (Wildman–Crippen MR) is 198 cm³/mol. The first kappa shape index (κ1) is 20.8. The maximum Gasteiger partial charge on any atom is 0.179 e. The maximum absolute atomic E-state index is 10.6. The molecule has 0 amide bonds. The van der Waals surface area contributed by atoms with Crippen LogP contribution in [0.5, 0.6) is 0 Å². The van der Waals surface area contributed by atoms with E-state index in [0.717, 1.165) is 15.6 Å². The van der Waals surface area contributed by atoms with Gasteiger partial charge in [-0.25, -0.2) is 0 Å². The minimum atomic E-state index is -4.17. The van der Waals surface area contributed by atoms with Gasteiger partial charge >= 0.3 is 0 Å². The van der Waals surface area contributed by atoms with Gasteiger partial charge in [0.2, 0.25) is 0 Å². The number of rotatable bonds is 8. The molecule has 0 unspecified atom stereocenters. The van der Waals surface area contributed by atoms with Crippen molar-refractivity contribution in [2.45, 2.75) is 6.92 Å². The monoisotopic (exact) mass is 616 g/mol. The van der Waals surface area contributed by atoms with E-state index < -0.39 is 34.3 Å². The zero-order valence-corrected chi connectivity index (χ0v) is 26.9. The molecule has 216 valence electrons. The van der Waals surface area contributed by atoms with Gasteiger partial charge in [-0.05, 0) is 48.4 Å². The lowest BCUT2D eigenvalue weighted by Crippen LogP contribution is -2.78. The topological polar surface area (TPSA) is 0 Å². The summed E-state index contributed by atoms with van der Waals surface area (Å²) in [6.07, 6.45) is 0. The lowest BCUT2D eigenvalue weighted by molar-refractivity contribution is 1.50. The molecule has 0 atom stereocenters. The zero-order valence-electron chi connectivity index (χ0n) is 32.9. The smallest absolute Gasteiger partial charge is 0.0623 e. The summed E-state index contributed by atoms with van der Waals surface area (Å²) in [5, 5.41) is 5.06. The summed E-state index contributed by atoms with van der Waals surface area (Å²) in [6, 6.07) is 46.6. The highest BCUT2D eigenvalue weighted by molar-refractivity contribution is 7.22. The van der Waals surface area contributed by atoms with Crippen molar-refractivity contribution in [3.05, 3.63) is 206 Å². The molecule has 0 N–H and O–H groups in total. The van der Waals surface area contributed by atoms with Crippen LogP contribution < -0.4 is 41.5 Å². The molecule has 45 heavy (non-hydrogen) atoms. The van der Waals surface area contributed by atoms with Crippen LogP contribution in [0.25, 0.3) is 0 Å². The van der Waals surface area contributed by atoms with Crippen LogP contribution in [0.15, 0.2) is 200 Å².